The second-order valence-corrected chi connectivity index (χ2v) is 11.4. The number of hydrogen-bond donors (Lipinski definition) is 0. The predicted octanol–water partition coefficient (Wildman–Crippen LogP) is 5.20. The number of unbranched alkanes of at least 4 members (excludes halogenated alkanes) is 5. The zero-order valence-corrected chi connectivity index (χ0v) is 27.5. The molecule has 0 fully saturated rings. The Balaban J connectivity index is -0.000000218. The topological polar surface area (TPSA) is 120 Å². The van der Waals surface area contributed by atoms with E-state index in [9.17, 15) is 29.7 Å². The first-order chi connectivity index (χ1) is 16.6. The minimum Gasteiger partial charge on any atom is -0.550 e. The summed E-state index contributed by atoms with van der Waals surface area (Å²) in [4.78, 5) is 32.2. The molecule has 0 saturated heterocycles. The minimum atomic E-state index is -0.931. The Kier molecular flexibility index (Phi) is 29.2. The van der Waals surface area contributed by atoms with E-state index in [4.69, 9.17) is 0 Å². The molecule has 0 aliphatic carbocycles. The van der Waals surface area contributed by atoms with Crippen LogP contribution in [0.15, 0.2) is 0 Å². The van der Waals surface area contributed by atoms with Gasteiger partial charge in [0.1, 0.15) is 0 Å². The van der Waals surface area contributed by atoms with Crippen molar-refractivity contribution in [3.63, 3.8) is 0 Å². The van der Waals surface area contributed by atoms with E-state index < -0.39 is 34.2 Å². The zero-order chi connectivity index (χ0) is 28.8. The summed E-state index contributed by atoms with van der Waals surface area (Å²) in [7, 11) is 0. The first-order valence-electron chi connectivity index (χ1n) is 14.3. The molecule has 0 aromatic heterocycles. The smallest absolute Gasteiger partial charge is 0.550 e. The molecule has 0 aromatic rings. The molecular formula is C30H57O6Tb. The Labute approximate surface area is 259 Å². The third-order valence-corrected chi connectivity index (χ3v) is 6.96. The third-order valence-electron chi connectivity index (χ3n) is 6.96. The fourth-order valence-corrected chi connectivity index (χ4v) is 3.99. The largest absolute Gasteiger partial charge is 3.00 e. The number of carbonyl (C=O) groups excluding carboxylic acids is 3. The van der Waals surface area contributed by atoms with Gasteiger partial charge >= 0.3 is 38.6 Å². The maximum Gasteiger partial charge on any atom is 3.00 e. The van der Waals surface area contributed by atoms with Gasteiger partial charge in [-0.05, 0) is 32.1 Å². The molecule has 0 N–H and O–H groups in total. The predicted molar refractivity (Wildman–Crippen MR) is 143 cm³/mol. The van der Waals surface area contributed by atoms with E-state index in [1.807, 2.05) is 13.8 Å². The summed E-state index contributed by atoms with van der Waals surface area (Å²) >= 11 is 0. The number of aliphatic carboxylic acids is 3. The first kappa shape index (κ1) is 43.7. The molecule has 0 radical (unpaired) electrons. The molecule has 37 heavy (non-hydrogen) atoms. The van der Waals surface area contributed by atoms with Crippen LogP contribution in [0.3, 0.4) is 0 Å². The van der Waals surface area contributed by atoms with E-state index in [1.165, 1.54) is 12.8 Å². The molecule has 0 heterocycles. The third kappa shape index (κ3) is 22.2. The molecule has 0 spiro atoms. The van der Waals surface area contributed by atoms with Crippen molar-refractivity contribution in [2.24, 2.45) is 16.2 Å². The van der Waals surface area contributed by atoms with Gasteiger partial charge in [0.05, 0.1) is 0 Å². The molecule has 7 heteroatoms. The van der Waals surface area contributed by atoms with E-state index in [-0.39, 0.29) is 38.6 Å². The van der Waals surface area contributed by atoms with Crippen LogP contribution in [0.2, 0.25) is 0 Å². The van der Waals surface area contributed by atoms with Gasteiger partial charge in [0.25, 0.3) is 0 Å². The van der Waals surface area contributed by atoms with E-state index in [2.05, 4.69) is 20.8 Å². The van der Waals surface area contributed by atoms with Crippen LogP contribution in [0.1, 0.15) is 159 Å². The normalized spacial score (nSPS) is 13.9. The van der Waals surface area contributed by atoms with Gasteiger partial charge in [0.15, 0.2) is 0 Å². The zero-order valence-electron chi connectivity index (χ0n) is 25.4. The van der Waals surface area contributed by atoms with Crippen molar-refractivity contribution in [3.8, 4) is 0 Å². The summed E-state index contributed by atoms with van der Waals surface area (Å²) in [5.41, 5.74) is -1.83. The number of carbonyl (C=O) groups is 3. The Morgan fingerprint density at radius 3 is 1.05 bits per heavy atom. The van der Waals surface area contributed by atoms with E-state index >= 15 is 0 Å². The molecule has 6 nitrogen and oxygen atoms in total. The van der Waals surface area contributed by atoms with Crippen molar-refractivity contribution in [3.05, 3.63) is 0 Å². The second kappa shape index (κ2) is 24.7. The van der Waals surface area contributed by atoms with Gasteiger partial charge < -0.3 is 29.7 Å². The fourth-order valence-electron chi connectivity index (χ4n) is 3.99. The molecule has 0 aliphatic rings. The van der Waals surface area contributed by atoms with E-state index in [1.54, 1.807) is 27.7 Å². The molecule has 2 atom stereocenters. The molecule has 222 valence electrons. The standard InChI is InChI=1S/3C10H20O2.Tb/c1-4-5-6-7-8-10(2,3)9(11)12;2*1-4-6-8-10(3,7-5-2)9(11)12;/h3*4-8H2,1-3H3,(H,11,12);/q;;;+3/p-3. The molecule has 0 aliphatic heterocycles. The van der Waals surface area contributed by atoms with Crippen LogP contribution in [-0.4, -0.2) is 17.9 Å². The number of carboxylic acids is 3. The Hall–Kier alpha value is -0.304. The molecular weight excluding hydrogens is 615 g/mol. The summed E-state index contributed by atoms with van der Waals surface area (Å²) in [6.45, 7) is 17.3. The van der Waals surface area contributed by atoms with Crippen molar-refractivity contribution in [2.75, 3.05) is 0 Å². The van der Waals surface area contributed by atoms with Gasteiger partial charge in [0, 0.05) is 34.2 Å². The quantitative estimate of drug-likeness (QED) is 0.185. The van der Waals surface area contributed by atoms with Crippen LogP contribution in [0.5, 0.6) is 0 Å². The number of rotatable bonds is 18. The van der Waals surface area contributed by atoms with Gasteiger partial charge in [0.2, 0.25) is 0 Å². The Morgan fingerprint density at radius 1 is 0.459 bits per heavy atom. The van der Waals surface area contributed by atoms with Crippen LogP contribution >= 0.6 is 0 Å². The van der Waals surface area contributed by atoms with Crippen LogP contribution in [-0.2, 0) is 14.4 Å². The van der Waals surface area contributed by atoms with Crippen molar-refractivity contribution in [1.29, 1.82) is 0 Å². The van der Waals surface area contributed by atoms with Gasteiger partial charge in [-0.2, -0.15) is 0 Å². The summed E-state index contributed by atoms with van der Waals surface area (Å²) in [6.07, 6.45) is 14.1. The van der Waals surface area contributed by atoms with Crippen molar-refractivity contribution < 1.29 is 68.3 Å². The number of carboxylic acid groups (broad SMARTS) is 3. The Morgan fingerprint density at radius 2 is 0.811 bits per heavy atom. The van der Waals surface area contributed by atoms with Gasteiger partial charge in [-0.25, -0.2) is 0 Å². The average Bonchev–Trinajstić information content (AvgIpc) is 2.80. The number of hydrogen-bond acceptors (Lipinski definition) is 6. The summed E-state index contributed by atoms with van der Waals surface area (Å²) in [5, 5.41) is 32.2. The summed E-state index contributed by atoms with van der Waals surface area (Å²) in [6, 6.07) is 0. The molecule has 0 saturated carbocycles. The van der Waals surface area contributed by atoms with Crippen molar-refractivity contribution in [1.82, 2.24) is 0 Å². The maximum atomic E-state index is 10.8. The van der Waals surface area contributed by atoms with Crippen LogP contribution in [0.25, 0.3) is 0 Å². The molecule has 0 bridgehead atoms. The molecule has 0 rings (SSSR count). The fraction of sp³-hybridized carbons (Fsp3) is 0.900. The first-order valence-corrected chi connectivity index (χ1v) is 14.3. The van der Waals surface area contributed by atoms with E-state index in [0.29, 0.717) is 0 Å². The second-order valence-electron chi connectivity index (χ2n) is 11.4. The van der Waals surface area contributed by atoms with Gasteiger partial charge in [-0.3, -0.25) is 0 Å². The van der Waals surface area contributed by atoms with E-state index in [0.717, 1.165) is 83.5 Å². The van der Waals surface area contributed by atoms with Crippen LogP contribution in [0.4, 0.5) is 0 Å². The average molecular weight is 673 g/mol. The van der Waals surface area contributed by atoms with Crippen molar-refractivity contribution >= 4 is 17.9 Å². The molecule has 2 unspecified atom stereocenters. The maximum absolute atomic E-state index is 10.8. The monoisotopic (exact) mass is 672 g/mol. The summed E-state index contributed by atoms with van der Waals surface area (Å²) in [5.74, 6) is -2.71. The SMILES string of the molecule is CCCCC(C)(CCC)C(=O)[O-].CCCCC(C)(CCC)C(=O)[O-].CCCCCCC(C)(C)C(=O)[O-].[Tb+3]. The van der Waals surface area contributed by atoms with Crippen LogP contribution in [0, 0.1) is 54.9 Å². The van der Waals surface area contributed by atoms with Crippen LogP contribution < -0.4 is 15.3 Å². The van der Waals surface area contributed by atoms with Gasteiger partial charge in [-0.1, -0.05) is 127 Å². The minimum absolute atomic E-state index is 0. The van der Waals surface area contributed by atoms with Gasteiger partial charge in [-0.15, -0.1) is 0 Å². The molecule has 0 amide bonds. The Bertz CT molecular complexity index is 559. The molecule has 0 aromatic carbocycles. The summed E-state index contributed by atoms with van der Waals surface area (Å²) < 4.78 is 0. The van der Waals surface area contributed by atoms with Crippen molar-refractivity contribution in [2.45, 2.75) is 159 Å².